The fourth-order valence-electron chi connectivity index (χ4n) is 7.42. The van der Waals surface area contributed by atoms with E-state index < -0.39 is 0 Å². The molecule has 0 bridgehead atoms. The van der Waals surface area contributed by atoms with E-state index in [9.17, 15) is 0 Å². The first kappa shape index (κ1) is 25.9. The highest BCUT2D eigenvalue weighted by molar-refractivity contribution is 6.10. The number of nitrogens with zero attached hydrogens (tertiary/aromatic N) is 4. The monoisotopic (exact) mass is 600 g/mol. The summed E-state index contributed by atoms with van der Waals surface area (Å²) in [5, 5.41) is 5.00. The molecule has 220 valence electrons. The Bertz CT molecular complexity index is 2570. The van der Waals surface area contributed by atoms with E-state index in [4.69, 9.17) is 0 Å². The molecule has 0 aliphatic carbocycles. The van der Waals surface area contributed by atoms with E-state index >= 15 is 0 Å². The molecule has 10 aromatic rings. The zero-order valence-corrected chi connectivity index (χ0v) is 25.5. The van der Waals surface area contributed by atoms with Crippen LogP contribution in [-0.2, 0) is 0 Å². The fraction of sp³-hybridized carbons (Fsp3) is 0. The molecule has 7 aromatic carbocycles. The molecule has 0 saturated carbocycles. The van der Waals surface area contributed by atoms with Gasteiger partial charge in [-0.05, 0) is 77.9 Å². The number of rotatable bonds is 4. The fourth-order valence-corrected chi connectivity index (χ4v) is 7.42. The van der Waals surface area contributed by atoms with Gasteiger partial charge in [-0.25, -0.2) is 4.98 Å². The lowest BCUT2D eigenvalue weighted by atomic mass is 10.0. The van der Waals surface area contributed by atoms with Crippen molar-refractivity contribution in [1.82, 2.24) is 18.7 Å². The van der Waals surface area contributed by atoms with Crippen LogP contribution in [0.1, 0.15) is 0 Å². The molecule has 0 radical (unpaired) electrons. The van der Waals surface area contributed by atoms with E-state index in [1.165, 1.54) is 43.6 Å². The van der Waals surface area contributed by atoms with Gasteiger partial charge in [-0.3, -0.25) is 4.57 Å². The predicted molar refractivity (Wildman–Crippen MR) is 195 cm³/mol. The minimum absolute atomic E-state index is 0.986. The Hall–Kier alpha value is -6.39. The average molecular weight is 601 g/mol. The Labute approximate surface area is 271 Å². The van der Waals surface area contributed by atoms with Crippen LogP contribution in [0.3, 0.4) is 0 Å². The molecule has 4 heteroatoms. The van der Waals surface area contributed by atoms with Gasteiger partial charge in [0.25, 0.3) is 0 Å². The maximum atomic E-state index is 4.67. The van der Waals surface area contributed by atoms with E-state index in [0.29, 0.717) is 0 Å². The van der Waals surface area contributed by atoms with Crippen LogP contribution in [0.4, 0.5) is 0 Å². The van der Waals surface area contributed by atoms with Crippen LogP contribution >= 0.6 is 0 Å². The van der Waals surface area contributed by atoms with Gasteiger partial charge in [0.2, 0.25) is 0 Å². The van der Waals surface area contributed by atoms with Crippen LogP contribution in [0.25, 0.3) is 82.8 Å². The maximum Gasteiger partial charge on any atom is 0.100 e. The molecule has 0 unspecified atom stereocenters. The van der Waals surface area contributed by atoms with Crippen molar-refractivity contribution in [1.29, 1.82) is 0 Å². The lowest BCUT2D eigenvalue weighted by molar-refractivity contribution is 1.09. The average Bonchev–Trinajstić information content (AvgIpc) is 3.82. The summed E-state index contributed by atoms with van der Waals surface area (Å²) >= 11 is 0. The Morgan fingerprint density at radius 1 is 0.340 bits per heavy atom. The zero-order valence-electron chi connectivity index (χ0n) is 25.5. The Morgan fingerprint density at radius 2 is 0.787 bits per heavy atom. The SMILES string of the molecule is c1cc(-c2cc(-n3c4ccccc4c4ccccc43)cc(-n3c4ccccc4c4ccccc43)c2)cc(-n2cnc3ccccc32)c1. The van der Waals surface area contributed by atoms with Crippen molar-refractivity contribution in [2.45, 2.75) is 0 Å². The van der Waals surface area contributed by atoms with E-state index in [2.05, 4.69) is 176 Å². The van der Waals surface area contributed by atoms with Crippen molar-refractivity contribution in [2.75, 3.05) is 0 Å². The van der Waals surface area contributed by atoms with Crippen molar-refractivity contribution in [2.24, 2.45) is 0 Å². The molecule has 0 aliphatic rings. The second-order valence-electron chi connectivity index (χ2n) is 12.1. The molecule has 10 rings (SSSR count). The van der Waals surface area contributed by atoms with Crippen molar-refractivity contribution in [3.63, 3.8) is 0 Å². The van der Waals surface area contributed by atoms with Crippen LogP contribution in [0.2, 0.25) is 0 Å². The van der Waals surface area contributed by atoms with Crippen molar-refractivity contribution in [3.05, 3.63) is 170 Å². The van der Waals surface area contributed by atoms with Crippen molar-refractivity contribution in [3.8, 4) is 28.2 Å². The Balaban J connectivity index is 1.28. The summed E-state index contributed by atoms with van der Waals surface area (Å²) in [4.78, 5) is 4.67. The number of hydrogen-bond donors (Lipinski definition) is 0. The predicted octanol–water partition coefficient (Wildman–Crippen LogP) is 10.9. The van der Waals surface area contributed by atoms with Crippen LogP contribution < -0.4 is 0 Å². The van der Waals surface area contributed by atoms with Gasteiger partial charge in [0.15, 0.2) is 0 Å². The first-order valence-corrected chi connectivity index (χ1v) is 16.0. The van der Waals surface area contributed by atoms with Gasteiger partial charge in [0, 0.05) is 38.6 Å². The van der Waals surface area contributed by atoms with Gasteiger partial charge < -0.3 is 9.13 Å². The minimum atomic E-state index is 0.986. The highest BCUT2D eigenvalue weighted by atomic mass is 15.0. The van der Waals surface area contributed by atoms with E-state index in [0.717, 1.165) is 39.2 Å². The summed E-state index contributed by atoms with van der Waals surface area (Å²) in [7, 11) is 0. The Morgan fingerprint density at radius 3 is 1.32 bits per heavy atom. The van der Waals surface area contributed by atoms with Gasteiger partial charge in [0.1, 0.15) is 6.33 Å². The molecule has 0 aliphatic heterocycles. The number of fused-ring (bicyclic) bond motifs is 7. The van der Waals surface area contributed by atoms with Crippen molar-refractivity contribution < 1.29 is 0 Å². The molecule has 3 heterocycles. The Kier molecular flexibility index (Phi) is 5.54. The van der Waals surface area contributed by atoms with Gasteiger partial charge in [0.05, 0.1) is 33.1 Å². The van der Waals surface area contributed by atoms with Gasteiger partial charge >= 0.3 is 0 Å². The lowest BCUT2D eigenvalue weighted by Crippen LogP contribution is -2.00. The molecule has 0 atom stereocenters. The second-order valence-corrected chi connectivity index (χ2v) is 12.1. The molecule has 3 aromatic heterocycles. The molecule has 0 fully saturated rings. The molecule has 47 heavy (non-hydrogen) atoms. The van der Waals surface area contributed by atoms with Gasteiger partial charge in [-0.2, -0.15) is 0 Å². The first-order chi connectivity index (χ1) is 23.3. The number of benzene rings is 7. The topological polar surface area (TPSA) is 27.7 Å². The zero-order chi connectivity index (χ0) is 30.9. The summed E-state index contributed by atoms with van der Waals surface area (Å²) < 4.78 is 7.00. The lowest BCUT2D eigenvalue weighted by Gasteiger charge is -2.16. The normalized spacial score (nSPS) is 11.8. The molecule has 0 saturated heterocycles. The van der Waals surface area contributed by atoms with Crippen LogP contribution in [-0.4, -0.2) is 18.7 Å². The summed E-state index contributed by atoms with van der Waals surface area (Å²) in [6.07, 6.45) is 1.92. The molecule has 0 amide bonds. The van der Waals surface area contributed by atoms with E-state index in [1.54, 1.807) is 0 Å². The molecular weight excluding hydrogens is 573 g/mol. The van der Waals surface area contributed by atoms with Crippen LogP contribution in [0.15, 0.2) is 170 Å². The number of aromatic nitrogens is 4. The smallest absolute Gasteiger partial charge is 0.100 e. The standard InChI is InChI=1S/C43H28N4/c1-6-19-39-34(14-1)35-15-2-7-20-40(35)46(39)32-25-30(29-12-11-13-31(24-29)45-28-44-38-18-5-10-23-43(38)45)26-33(27-32)47-41-21-8-3-16-36(41)37-17-4-9-22-42(37)47/h1-28H. The highest BCUT2D eigenvalue weighted by Crippen LogP contribution is 2.38. The quantitative estimate of drug-likeness (QED) is 0.197. The summed E-state index contributed by atoms with van der Waals surface area (Å²) in [5.74, 6) is 0. The summed E-state index contributed by atoms with van der Waals surface area (Å²) in [5.41, 5.74) is 12.5. The van der Waals surface area contributed by atoms with E-state index in [-0.39, 0.29) is 0 Å². The molecule has 0 spiro atoms. The van der Waals surface area contributed by atoms with Gasteiger partial charge in [-0.1, -0.05) is 97.1 Å². The third-order valence-corrected chi connectivity index (χ3v) is 9.49. The number of imidazole rings is 1. The number of hydrogen-bond acceptors (Lipinski definition) is 1. The van der Waals surface area contributed by atoms with Gasteiger partial charge in [-0.15, -0.1) is 0 Å². The highest BCUT2D eigenvalue weighted by Gasteiger charge is 2.17. The third-order valence-electron chi connectivity index (χ3n) is 9.49. The largest absolute Gasteiger partial charge is 0.309 e. The molecule has 4 nitrogen and oxygen atoms in total. The van der Waals surface area contributed by atoms with Crippen LogP contribution in [0.5, 0.6) is 0 Å². The van der Waals surface area contributed by atoms with Crippen molar-refractivity contribution >= 4 is 54.6 Å². The summed E-state index contributed by atoms with van der Waals surface area (Å²) in [6, 6.07) is 59.0. The third kappa shape index (κ3) is 3.92. The molecule has 0 N–H and O–H groups in total. The van der Waals surface area contributed by atoms with E-state index in [1.807, 2.05) is 12.4 Å². The maximum absolute atomic E-state index is 4.67. The molecular formula is C43H28N4. The summed E-state index contributed by atoms with van der Waals surface area (Å²) in [6.45, 7) is 0. The number of para-hydroxylation sites is 6. The first-order valence-electron chi connectivity index (χ1n) is 16.0. The second kappa shape index (κ2) is 10.1. The minimum Gasteiger partial charge on any atom is -0.309 e. The van der Waals surface area contributed by atoms with Crippen LogP contribution in [0, 0.1) is 0 Å².